The van der Waals surface area contributed by atoms with Crippen LogP contribution in [0.3, 0.4) is 0 Å². The quantitative estimate of drug-likeness (QED) is 0.912. The van der Waals surface area contributed by atoms with Crippen LogP contribution in [0.2, 0.25) is 0 Å². The molecule has 1 N–H and O–H groups in total. The lowest BCUT2D eigenvalue weighted by Gasteiger charge is -2.06. The van der Waals surface area contributed by atoms with Crippen LogP contribution >= 0.6 is 11.3 Å². The summed E-state index contributed by atoms with van der Waals surface area (Å²) in [5.74, 6) is -0.721. The molecule has 0 aromatic carbocycles. The fourth-order valence-electron chi connectivity index (χ4n) is 1.91. The van der Waals surface area contributed by atoms with E-state index in [1.54, 1.807) is 15.7 Å². The molecule has 0 saturated carbocycles. The van der Waals surface area contributed by atoms with Gasteiger partial charge in [0.1, 0.15) is 0 Å². The van der Waals surface area contributed by atoms with E-state index in [9.17, 15) is 9.90 Å². The Balaban J connectivity index is 2.78. The number of carboxylic acid groups (broad SMARTS) is 1. The first kappa shape index (κ1) is 12.1. The summed E-state index contributed by atoms with van der Waals surface area (Å²) in [4.78, 5) is 17.8. The lowest BCUT2D eigenvalue weighted by atomic mass is 10.0. The summed E-state index contributed by atoms with van der Waals surface area (Å²) < 4.78 is 1.77. The summed E-state index contributed by atoms with van der Waals surface area (Å²) in [6, 6.07) is 0. The largest absolute Gasteiger partial charge is 0.477 e. The summed E-state index contributed by atoms with van der Waals surface area (Å²) >= 11 is 1.55. The highest BCUT2D eigenvalue weighted by molar-refractivity contribution is 7.17. The Bertz CT molecular complexity index is 583. The second-order valence-electron chi connectivity index (χ2n) is 4.32. The Morgan fingerprint density at radius 3 is 2.71 bits per heavy atom. The molecule has 17 heavy (non-hydrogen) atoms. The Morgan fingerprint density at radius 1 is 1.53 bits per heavy atom. The van der Waals surface area contributed by atoms with E-state index in [1.807, 2.05) is 27.7 Å². The maximum Gasteiger partial charge on any atom is 0.354 e. The smallest absolute Gasteiger partial charge is 0.354 e. The summed E-state index contributed by atoms with van der Waals surface area (Å²) in [7, 11) is 0. The van der Waals surface area contributed by atoms with Gasteiger partial charge in [0.05, 0.1) is 5.69 Å². The van der Waals surface area contributed by atoms with Crippen molar-refractivity contribution in [1.82, 2.24) is 9.38 Å². The predicted octanol–water partition coefficient (Wildman–Crippen LogP) is 3.22. The molecule has 0 aliphatic heterocycles. The number of imidazole rings is 1. The van der Waals surface area contributed by atoms with Crippen molar-refractivity contribution < 1.29 is 9.90 Å². The summed E-state index contributed by atoms with van der Waals surface area (Å²) in [6.45, 7) is 7.99. The van der Waals surface area contributed by atoms with Crippen LogP contribution in [-0.2, 0) is 0 Å². The average molecular weight is 252 g/mol. The van der Waals surface area contributed by atoms with E-state index in [0.717, 1.165) is 22.0 Å². The third-order valence-electron chi connectivity index (χ3n) is 3.24. The van der Waals surface area contributed by atoms with Gasteiger partial charge >= 0.3 is 5.97 Å². The number of thiazole rings is 1. The standard InChI is InChI=1S/C12H16N2O2S/c1-5-6(2)9-10(11(15)16)14-7(3)8(4)17-12(14)13-9/h6H,5H2,1-4H3,(H,15,16). The fourth-order valence-corrected chi connectivity index (χ4v) is 2.88. The first-order chi connectivity index (χ1) is 7.97. The molecular weight excluding hydrogens is 236 g/mol. The van der Waals surface area contributed by atoms with Crippen LogP contribution in [-0.4, -0.2) is 20.5 Å². The molecule has 2 heterocycles. The highest BCUT2D eigenvalue weighted by Crippen LogP contribution is 2.29. The summed E-state index contributed by atoms with van der Waals surface area (Å²) in [5, 5.41) is 9.37. The summed E-state index contributed by atoms with van der Waals surface area (Å²) in [6.07, 6.45) is 0.892. The molecule has 5 heteroatoms. The molecule has 2 rings (SSSR count). The minimum atomic E-state index is -0.895. The van der Waals surface area contributed by atoms with Crippen LogP contribution < -0.4 is 0 Å². The van der Waals surface area contributed by atoms with Crippen molar-refractivity contribution in [2.75, 3.05) is 0 Å². The minimum absolute atomic E-state index is 0.174. The Labute approximate surface area is 104 Å². The molecule has 4 nitrogen and oxygen atoms in total. The van der Waals surface area contributed by atoms with Crippen molar-refractivity contribution >= 4 is 22.3 Å². The maximum atomic E-state index is 11.4. The van der Waals surface area contributed by atoms with Gasteiger partial charge in [0.25, 0.3) is 0 Å². The number of fused-ring (bicyclic) bond motifs is 1. The second kappa shape index (κ2) is 4.14. The van der Waals surface area contributed by atoms with Crippen LogP contribution in [0.4, 0.5) is 0 Å². The van der Waals surface area contributed by atoms with Gasteiger partial charge in [-0.3, -0.25) is 4.40 Å². The van der Waals surface area contributed by atoms with Crippen LogP contribution in [0, 0.1) is 13.8 Å². The number of hydrogen-bond donors (Lipinski definition) is 1. The fraction of sp³-hybridized carbons (Fsp3) is 0.500. The minimum Gasteiger partial charge on any atom is -0.477 e. The molecule has 0 saturated heterocycles. The van der Waals surface area contributed by atoms with Gasteiger partial charge in [-0.1, -0.05) is 13.8 Å². The van der Waals surface area contributed by atoms with E-state index in [-0.39, 0.29) is 5.92 Å². The van der Waals surface area contributed by atoms with Crippen molar-refractivity contribution in [2.24, 2.45) is 0 Å². The second-order valence-corrected chi connectivity index (χ2v) is 5.50. The van der Waals surface area contributed by atoms with Gasteiger partial charge in [0.15, 0.2) is 10.7 Å². The molecule has 0 fully saturated rings. The van der Waals surface area contributed by atoms with Crippen molar-refractivity contribution in [3.8, 4) is 0 Å². The number of hydrogen-bond acceptors (Lipinski definition) is 3. The molecule has 2 aromatic rings. The third-order valence-corrected chi connectivity index (χ3v) is 4.30. The molecule has 2 aromatic heterocycles. The predicted molar refractivity (Wildman–Crippen MR) is 68.2 cm³/mol. The van der Waals surface area contributed by atoms with E-state index in [1.165, 1.54) is 0 Å². The molecule has 0 aliphatic carbocycles. The van der Waals surface area contributed by atoms with Gasteiger partial charge in [-0.15, -0.1) is 11.3 Å². The molecule has 0 amide bonds. The lowest BCUT2D eigenvalue weighted by Crippen LogP contribution is -2.08. The Hall–Kier alpha value is -1.36. The molecule has 0 bridgehead atoms. The van der Waals surface area contributed by atoms with Gasteiger partial charge in [0.2, 0.25) is 0 Å². The van der Waals surface area contributed by atoms with E-state index >= 15 is 0 Å². The number of aryl methyl sites for hydroxylation is 2. The van der Waals surface area contributed by atoms with Crippen molar-refractivity contribution in [2.45, 2.75) is 40.0 Å². The van der Waals surface area contributed by atoms with Crippen molar-refractivity contribution in [3.05, 3.63) is 22.0 Å². The monoisotopic (exact) mass is 252 g/mol. The molecule has 92 valence electrons. The Kier molecular flexibility index (Phi) is 2.95. The highest BCUT2D eigenvalue weighted by Gasteiger charge is 2.24. The first-order valence-electron chi connectivity index (χ1n) is 5.69. The topological polar surface area (TPSA) is 54.6 Å². The van der Waals surface area contributed by atoms with E-state index < -0.39 is 5.97 Å². The lowest BCUT2D eigenvalue weighted by molar-refractivity contribution is 0.0687. The summed E-state index contributed by atoms with van der Waals surface area (Å²) in [5.41, 5.74) is 2.01. The molecule has 1 unspecified atom stereocenters. The van der Waals surface area contributed by atoms with Crippen molar-refractivity contribution in [1.29, 1.82) is 0 Å². The molecule has 1 atom stereocenters. The molecule has 0 spiro atoms. The zero-order valence-electron chi connectivity index (χ0n) is 10.4. The van der Waals surface area contributed by atoms with Gasteiger partial charge in [-0.25, -0.2) is 9.78 Å². The molecule has 0 radical (unpaired) electrons. The highest BCUT2D eigenvalue weighted by atomic mass is 32.1. The Morgan fingerprint density at radius 2 is 2.18 bits per heavy atom. The number of rotatable bonds is 3. The van der Waals surface area contributed by atoms with Crippen molar-refractivity contribution in [3.63, 3.8) is 0 Å². The number of carbonyl (C=O) groups is 1. The average Bonchev–Trinajstić information content (AvgIpc) is 2.76. The van der Waals surface area contributed by atoms with E-state index in [4.69, 9.17) is 0 Å². The van der Waals surface area contributed by atoms with Crippen LogP contribution in [0.5, 0.6) is 0 Å². The van der Waals surface area contributed by atoms with Gasteiger partial charge in [-0.05, 0) is 20.3 Å². The normalized spacial score (nSPS) is 13.2. The molecule has 0 aliphatic rings. The third kappa shape index (κ3) is 1.74. The van der Waals surface area contributed by atoms with Gasteiger partial charge < -0.3 is 5.11 Å². The SMILES string of the molecule is CCC(C)c1nc2sc(C)c(C)n2c1C(=O)O. The van der Waals surface area contributed by atoms with Crippen LogP contribution in [0.25, 0.3) is 4.96 Å². The zero-order valence-corrected chi connectivity index (χ0v) is 11.3. The van der Waals surface area contributed by atoms with E-state index in [2.05, 4.69) is 4.98 Å². The van der Waals surface area contributed by atoms with Crippen LogP contribution in [0.15, 0.2) is 0 Å². The van der Waals surface area contributed by atoms with Crippen LogP contribution in [0.1, 0.15) is 52.9 Å². The first-order valence-corrected chi connectivity index (χ1v) is 6.50. The maximum absolute atomic E-state index is 11.4. The number of carboxylic acids is 1. The van der Waals surface area contributed by atoms with Gasteiger partial charge in [0, 0.05) is 16.5 Å². The number of aromatic carboxylic acids is 1. The number of aromatic nitrogens is 2. The molecular formula is C12H16N2O2S. The van der Waals surface area contributed by atoms with Gasteiger partial charge in [-0.2, -0.15) is 0 Å². The zero-order chi connectivity index (χ0) is 12.7. The number of nitrogens with zero attached hydrogens (tertiary/aromatic N) is 2. The van der Waals surface area contributed by atoms with E-state index in [0.29, 0.717) is 11.4 Å².